The lowest BCUT2D eigenvalue weighted by atomic mass is 9.92. The van der Waals surface area contributed by atoms with Crippen molar-refractivity contribution in [2.24, 2.45) is 5.92 Å². The van der Waals surface area contributed by atoms with Gasteiger partial charge in [-0.25, -0.2) is 4.68 Å². The highest BCUT2D eigenvalue weighted by Gasteiger charge is 2.24. The van der Waals surface area contributed by atoms with Crippen LogP contribution in [0.5, 0.6) is 0 Å². The lowest BCUT2D eigenvalue weighted by Gasteiger charge is -2.23. The van der Waals surface area contributed by atoms with Crippen molar-refractivity contribution in [3.8, 4) is 5.69 Å². The van der Waals surface area contributed by atoms with Gasteiger partial charge in [0.2, 0.25) is 5.91 Å². The van der Waals surface area contributed by atoms with E-state index in [1.807, 2.05) is 49.4 Å². The van der Waals surface area contributed by atoms with Crippen LogP contribution in [0.25, 0.3) is 5.69 Å². The second-order valence-electron chi connectivity index (χ2n) is 10.3. The molecule has 3 aromatic rings. The van der Waals surface area contributed by atoms with E-state index in [2.05, 4.69) is 55.9 Å². The highest BCUT2D eigenvalue weighted by Crippen LogP contribution is 2.27. The number of carbonyl (C=O) groups excluding carboxylic acids is 2. The Morgan fingerprint density at radius 1 is 1.09 bits per heavy atom. The van der Waals surface area contributed by atoms with Crippen molar-refractivity contribution < 1.29 is 9.59 Å². The van der Waals surface area contributed by atoms with Crippen molar-refractivity contribution in [2.75, 3.05) is 18.4 Å². The standard InChI is InChI=1S/C28H35BrN4O2/c1-19(2)15-16-32(27(35)21-11-13-22(29)14-12-21)18-26(34)30-25-17-24(28(4,5)6)31-33(25)23-10-8-7-9-20(23)3/h7-14,17,19H,15-16,18H2,1-6H3,(H,30,34). The van der Waals surface area contributed by atoms with E-state index in [0.717, 1.165) is 27.8 Å². The number of halogens is 1. The van der Waals surface area contributed by atoms with Gasteiger partial charge in [-0.3, -0.25) is 9.59 Å². The zero-order chi connectivity index (χ0) is 25.8. The molecule has 0 aliphatic heterocycles. The van der Waals surface area contributed by atoms with E-state index >= 15 is 0 Å². The Morgan fingerprint density at radius 2 is 1.74 bits per heavy atom. The summed E-state index contributed by atoms with van der Waals surface area (Å²) in [4.78, 5) is 28.1. The van der Waals surface area contributed by atoms with Gasteiger partial charge in [0.05, 0.1) is 11.4 Å². The number of nitrogens with one attached hydrogen (secondary N) is 1. The molecule has 1 heterocycles. The number of hydrogen-bond donors (Lipinski definition) is 1. The molecule has 35 heavy (non-hydrogen) atoms. The summed E-state index contributed by atoms with van der Waals surface area (Å²) in [6.45, 7) is 13.0. The number of aromatic nitrogens is 2. The van der Waals surface area contributed by atoms with E-state index in [4.69, 9.17) is 5.10 Å². The van der Waals surface area contributed by atoms with Crippen LogP contribution in [0.1, 0.15) is 62.7 Å². The average molecular weight is 540 g/mol. The summed E-state index contributed by atoms with van der Waals surface area (Å²) in [7, 11) is 0. The topological polar surface area (TPSA) is 67.2 Å². The maximum atomic E-state index is 13.2. The van der Waals surface area contributed by atoms with E-state index < -0.39 is 0 Å². The van der Waals surface area contributed by atoms with Crippen LogP contribution in [0.3, 0.4) is 0 Å². The molecule has 186 valence electrons. The van der Waals surface area contributed by atoms with E-state index in [-0.39, 0.29) is 23.8 Å². The molecule has 0 atom stereocenters. The number of benzene rings is 2. The Hall–Kier alpha value is -2.93. The zero-order valence-electron chi connectivity index (χ0n) is 21.4. The van der Waals surface area contributed by atoms with Crippen LogP contribution in [0.2, 0.25) is 0 Å². The number of carbonyl (C=O) groups is 2. The molecule has 0 saturated heterocycles. The van der Waals surface area contributed by atoms with Gasteiger partial charge >= 0.3 is 0 Å². The third kappa shape index (κ3) is 7.04. The number of para-hydroxylation sites is 1. The van der Waals surface area contributed by atoms with Crippen molar-refractivity contribution in [1.29, 1.82) is 0 Å². The van der Waals surface area contributed by atoms with E-state index in [9.17, 15) is 9.59 Å². The summed E-state index contributed by atoms with van der Waals surface area (Å²) >= 11 is 3.41. The molecule has 1 N–H and O–H groups in total. The van der Waals surface area contributed by atoms with Gasteiger partial charge < -0.3 is 10.2 Å². The van der Waals surface area contributed by atoms with Crippen molar-refractivity contribution in [3.63, 3.8) is 0 Å². The lowest BCUT2D eigenvalue weighted by Crippen LogP contribution is -2.39. The smallest absolute Gasteiger partial charge is 0.254 e. The highest BCUT2D eigenvalue weighted by molar-refractivity contribution is 9.10. The molecule has 0 unspecified atom stereocenters. The van der Waals surface area contributed by atoms with E-state index in [1.54, 1.807) is 21.7 Å². The number of nitrogens with zero attached hydrogens (tertiary/aromatic N) is 3. The van der Waals surface area contributed by atoms with Gasteiger partial charge in [-0.15, -0.1) is 0 Å². The van der Waals surface area contributed by atoms with Crippen molar-refractivity contribution >= 4 is 33.6 Å². The molecule has 0 aliphatic carbocycles. The first-order valence-electron chi connectivity index (χ1n) is 12.0. The first kappa shape index (κ1) is 26.7. The summed E-state index contributed by atoms with van der Waals surface area (Å²) in [6.07, 6.45) is 0.810. The van der Waals surface area contributed by atoms with Crippen molar-refractivity contribution in [3.05, 3.63) is 75.9 Å². The minimum absolute atomic E-state index is 0.0363. The second-order valence-corrected chi connectivity index (χ2v) is 11.2. The quantitative estimate of drug-likeness (QED) is 0.362. The van der Waals surface area contributed by atoms with Gasteiger partial charge in [0.15, 0.2) is 0 Å². The normalized spacial score (nSPS) is 11.5. The van der Waals surface area contributed by atoms with Gasteiger partial charge in [-0.1, -0.05) is 68.7 Å². The molecular weight excluding hydrogens is 504 g/mol. The molecule has 7 heteroatoms. The molecule has 0 spiro atoms. The second kappa shape index (κ2) is 11.2. The largest absolute Gasteiger partial charge is 0.329 e. The maximum Gasteiger partial charge on any atom is 0.254 e. The molecule has 2 amide bonds. The molecule has 0 aliphatic rings. The predicted octanol–water partition coefficient (Wildman–Crippen LogP) is 6.37. The molecule has 6 nitrogen and oxygen atoms in total. The molecule has 0 saturated carbocycles. The van der Waals surface area contributed by atoms with Gasteiger partial charge in [0.25, 0.3) is 5.91 Å². The fraction of sp³-hybridized carbons (Fsp3) is 0.393. The summed E-state index contributed by atoms with van der Waals surface area (Å²) in [5.74, 6) is 0.592. The molecular formula is C28H35BrN4O2. The number of rotatable bonds is 8. The summed E-state index contributed by atoms with van der Waals surface area (Å²) in [5.41, 5.74) is 3.20. The SMILES string of the molecule is Cc1ccccc1-n1nc(C(C)(C)C)cc1NC(=O)CN(CCC(C)C)C(=O)c1ccc(Br)cc1. The Balaban J connectivity index is 1.87. The van der Waals surface area contributed by atoms with Crippen LogP contribution in [0, 0.1) is 12.8 Å². The number of aryl methyl sites for hydroxylation is 1. The van der Waals surface area contributed by atoms with E-state index in [0.29, 0.717) is 23.8 Å². The van der Waals surface area contributed by atoms with Crippen LogP contribution >= 0.6 is 15.9 Å². The Bertz CT molecular complexity index is 1180. The average Bonchev–Trinajstić information content (AvgIpc) is 3.21. The van der Waals surface area contributed by atoms with E-state index in [1.165, 1.54) is 0 Å². The first-order chi connectivity index (χ1) is 16.5. The molecule has 0 radical (unpaired) electrons. The minimum atomic E-state index is -0.255. The monoisotopic (exact) mass is 538 g/mol. The predicted molar refractivity (Wildman–Crippen MR) is 145 cm³/mol. The van der Waals surface area contributed by atoms with Gasteiger partial charge in [0, 0.05) is 28.1 Å². The molecule has 2 aromatic carbocycles. The van der Waals surface area contributed by atoms with Crippen LogP contribution in [0.15, 0.2) is 59.1 Å². The number of amides is 2. The molecule has 1 aromatic heterocycles. The van der Waals surface area contributed by atoms with Gasteiger partial charge in [-0.05, 0) is 55.2 Å². The molecule has 0 bridgehead atoms. The lowest BCUT2D eigenvalue weighted by molar-refractivity contribution is -0.117. The Kier molecular flexibility index (Phi) is 8.54. The zero-order valence-corrected chi connectivity index (χ0v) is 23.0. The highest BCUT2D eigenvalue weighted by atomic mass is 79.9. The number of anilines is 1. The van der Waals surface area contributed by atoms with Crippen LogP contribution in [-0.2, 0) is 10.2 Å². The Morgan fingerprint density at radius 3 is 2.34 bits per heavy atom. The third-order valence-electron chi connectivity index (χ3n) is 5.78. The van der Waals surface area contributed by atoms with Crippen LogP contribution in [0.4, 0.5) is 5.82 Å². The van der Waals surface area contributed by atoms with Crippen molar-refractivity contribution in [1.82, 2.24) is 14.7 Å². The fourth-order valence-electron chi connectivity index (χ4n) is 3.62. The van der Waals surface area contributed by atoms with Crippen LogP contribution in [-0.4, -0.2) is 39.6 Å². The third-order valence-corrected chi connectivity index (χ3v) is 6.31. The summed E-state index contributed by atoms with van der Waals surface area (Å²) < 4.78 is 2.68. The number of hydrogen-bond acceptors (Lipinski definition) is 3. The molecule has 0 fully saturated rings. The first-order valence-corrected chi connectivity index (χ1v) is 12.8. The van der Waals surface area contributed by atoms with Crippen molar-refractivity contribution in [2.45, 2.75) is 53.4 Å². The summed E-state index contributed by atoms with van der Waals surface area (Å²) in [6, 6.07) is 17.1. The van der Waals surface area contributed by atoms with Gasteiger partial charge in [0.1, 0.15) is 12.4 Å². The maximum absolute atomic E-state index is 13.2. The fourth-order valence-corrected chi connectivity index (χ4v) is 3.88. The van der Waals surface area contributed by atoms with Crippen LogP contribution < -0.4 is 5.32 Å². The minimum Gasteiger partial charge on any atom is -0.329 e. The molecule has 3 rings (SSSR count). The van der Waals surface area contributed by atoms with Gasteiger partial charge in [-0.2, -0.15) is 5.10 Å². The summed E-state index contributed by atoms with van der Waals surface area (Å²) in [5, 5.41) is 7.83. The Labute approximate surface area is 216 Å².